The number of fused-ring (bicyclic) bond motifs is 1. The predicted molar refractivity (Wildman–Crippen MR) is 158 cm³/mol. The summed E-state index contributed by atoms with van der Waals surface area (Å²) in [6.45, 7) is 20.1. The van der Waals surface area contributed by atoms with Gasteiger partial charge in [-0.15, -0.1) is 0 Å². The highest BCUT2D eigenvalue weighted by molar-refractivity contribution is 6.74. The summed E-state index contributed by atoms with van der Waals surface area (Å²) in [6.07, 6.45) is -2.19. The van der Waals surface area contributed by atoms with Gasteiger partial charge in [-0.3, -0.25) is 9.97 Å². The first-order chi connectivity index (χ1) is 19.2. The molecular weight excluding hydrogens is 564 g/mol. The van der Waals surface area contributed by atoms with Crippen molar-refractivity contribution in [2.45, 2.75) is 110 Å². The lowest BCUT2D eigenvalue weighted by Crippen LogP contribution is -2.44. The molecule has 10 heteroatoms. The Kier molecular flexibility index (Phi) is 8.90. The molecule has 0 radical (unpaired) electrons. The number of halogens is 4. The van der Waals surface area contributed by atoms with E-state index in [0.717, 1.165) is 28.8 Å². The van der Waals surface area contributed by atoms with Gasteiger partial charge < -0.3 is 14.3 Å². The van der Waals surface area contributed by atoms with Crippen LogP contribution < -0.4 is 0 Å². The van der Waals surface area contributed by atoms with Gasteiger partial charge in [0.15, 0.2) is 8.32 Å². The summed E-state index contributed by atoms with van der Waals surface area (Å²) in [5.74, 6) is -1.38. The Hall–Kier alpha value is -2.14. The minimum atomic E-state index is -4.76. The van der Waals surface area contributed by atoms with Crippen molar-refractivity contribution in [2.24, 2.45) is 5.41 Å². The molecule has 4 rings (SSSR count). The molecule has 1 aliphatic carbocycles. The molecule has 1 unspecified atom stereocenters. The van der Waals surface area contributed by atoms with Gasteiger partial charge in [0.25, 0.3) is 0 Å². The van der Waals surface area contributed by atoms with E-state index in [1.165, 1.54) is 0 Å². The lowest BCUT2D eigenvalue weighted by atomic mass is 9.71. The van der Waals surface area contributed by atoms with Crippen molar-refractivity contribution in [2.75, 3.05) is 13.2 Å². The number of ether oxygens (including phenoxy) is 1. The molecule has 42 heavy (non-hydrogen) atoms. The van der Waals surface area contributed by atoms with Gasteiger partial charge in [-0.25, -0.2) is 4.39 Å². The van der Waals surface area contributed by atoms with E-state index in [4.69, 9.17) is 14.1 Å². The molecule has 1 aliphatic heterocycles. The largest absolute Gasteiger partial charge is 0.417 e. The zero-order chi connectivity index (χ0) is 31.4. The third-order valence-electron chi connectivity index (χ3n) is 8.89. The van der Waals surface area contributed by atoms with Crippen molar-refractivity contribution in [1.82, 2.24) is 9.97 Å². The first-order valence-corrected chi connectivity index (χ1v) is 17.6. The Morgan fingerprint density at radius 3 is 2.33 bits per heavy atom. The molecule has 2 aliphatic rings. The number of aromatic nitrogens is 2. The monoisotopic (exact) mass is 608 g/mol. The van der Waals surface area contributed by atoms with Crippen molar-refractivity contribution in [3.05, 3.63) is 63.5 Å². The van der Waals surface area contributed by atoms with Crippen molar-refractivity contribution in [3.63, 3.8) is 0 Å². The highest BCUT2D eigenvalue weighted by Crippen LogP contribution is 2.51. The lowest BCUT2D eigenvalue weighted by molar-refractivity contribution is -0.138. The maximum atomic E-state index is 15.3. The maximum absolute atomic E-state index is 15.3. The Morgan fingerprint density at radius 2 is 1.81 bits per heavy atom. The average molecular weight is 609 g/mol. The van der Waals surface area contributed by atoms with E-state index in [2.05, 4.69) is 52.7 Å². The van der Waals surface area contributed by atoms with Crippen LogP contribution in [0.5, 0.6) is 0 Å². The van der Waals surface area contributed by atoms with Gasteiger partial charge in [0.2, 0.25) is 0 Å². The number of aliphatic hydroxyl groups is 1. The van der Waals surface area contributed by atoms with Crippen LogP contribution in [-0.4, -0.2) is 36.6 Å². The van der Waals surface area contributed by atoms with E-state index in [0.29, 0.717) is 49.6 Å². The van der Waals surface area contributed by atoms with Crippen LogP contribution in [0.4, 0.5) is 17.6 Å². The fourth-order valence-electron chi connectivity index (χ4n) is 5.69. The number of pyridine rings is 2. The van der Waals surface area contributed by atoms with Gasteiger partial charge in [0, 0.05) is 23.0 Å². The van der Waals surface area contributed by atoms with Crippen LogP contribution >= 0.6 is 0 Å². The molecule has 0 spiro atoms. The van der Waals surface area contributed by atoms with E-state index in [9.17, 15) is 18.3 Å². The van der Waals surface area contributed by atoms with Crippen LogP contribution in [0.2, 0.25) is 18.1 Å². The Balaban J connectivity index is 2.04. The quantitative estimate of drug-likeness (QED) is 0.263. The average Bonchev–Trinajstić information content (AvgIpc) is 2.85. The number of nitrogens with zero attached hydrogens (tertiary/aromatic N) is 2. The number of rotatable bonds is 6. The normalized spacial score (nSPS) is 20.4. The van der Waals surface area contributed by atoms with Crippen LogP contribution in [0, 0.1) is 11.2 Å². The van der Waals surface area contributed by atoms with Crippen molar-refractivity contribution < 1.29 is 31.8 Å². The predicted octanol–water partition coefficient (Wildman–Crippen LogP) is 8.68. The summed E-state index contributed by atoms with van der Waals surface area (Å²) in [6, 6.07) is 0.395. The molecule has 2 aromatic heterocycles. The smallest absolute Gasteiger partial charge is 0.410 e. The van der Waals surface area contributed by atoms with Crippen LogP contribution in [0.3, 0.4) is 0 Å². The van der Waals surface area contributed by atoms with Crippen LogP contribution in [-0.2, 0) is 21.8 Å². The standard InChI is InChI=1S/C32H44F4N2O3Si/c1-18(2)27-26(29(39)28-21(33)14-20(17-37-28)32(34,35)36)24(19-10-12-40-13-11-19)25-22(38-27)15-31(6,7)16-23(25)41-42(8,9)30(3,4)5/h10,14,17-18,23,29,39H,11-13,15-16H2,1-9H3/t23-,29?/m0/s1. The molecule has 0 aromatic carbocycles. The summed E-state index contributed by atoms with van der Waals surface area (Å²) in [5, 5.41) is 11.8. The van der Waals surface area contributed by atoms with Crippen LogP contribution in [0.1, 0.15) is 119 Å². The first kappa shape index (κ1) is 32.8. The maximum Gasteiger partial charge on any atom is 0.417 e. The summed E-state index contributed by atoms with van der Waals surface area (Å²) < 4.78 is 67.9. The minimum absolute atomic E-state index is 0.0617. The zero-order valence-electron chi connectivity index (χ0n) is 26.2. The van der Waals surface area contributed by atoms with Crippen LogP contribution in [0.25, 0.3) is 5.57 Å². The highest BCUT2D eigenvalue weighted by atomic mass is 28.4. The molecule has 0 amide bonds. The Bertz CT molecular complexity index is 1360. The van der Waals surface area contributed by atoms with E-state index in [1.807, 2.05) is 19.9 Å². The second kappa shape index (κ2) is 11.4. The Morgan fingerprint density at radius 1 is 1.14 bits per heavy atom. The minimum Gasteiger partial charge on any atom is -0.410 e. The van der Waals surface area contributed by atoms with Crippen molar-refractivity contribution in [1.29, 1.82) is 0 Å². The van der Waals surface area contributed by atoms with Gasteiger partial charge in [-0.05, 0) is 65.9 Å². The third kappa shape index (κ3) is 6.51. The van der Waals surface area contributed by atoms with E-state index in [-0.39, 0.29) is 22.5 Å². The first-order valence-electron chi connectivity index (χ1n) is 14.7. The fraction of sp³-hybridized carbons (Fsp3) is 0.625. The molecular formula is C32H44F4N2O3Si. The lowest BCUT2D eigenvalue weighted by Gasteiger charge is -2.45. The molecule has 5 nitrogen and oxygen atoms in total. The molecule has 0 saturated heterocycles. The summed E-state index contributed by atoms with van der Waals surface area (Å²) in [4.78, 5) is 8.94. The Labute approximate surface area is 247 Å². The second-order valence-corrected chi connectivity index (χ2v) is 19.0. The molecule has 1 N–H and O–H groups in total. The van der Waals surface area contributed by atoms with E-state index in [1.54, 1.807) is 0 Å². The highest BCUT2D eigenvalue weighted by Gasteiger charge is 2.45. The summed E-state index contributed by atoms with van der Waals surface area (Å²) in [7, 11) is -2.29. The van der Waals surface area contributed by atoms with Gasteiger partial charge in [-0.1, -0.05) is 54.5 Å². The van der Waals surface area contributed by atoms with Crippen molar-refractivity contribution >= 4 is 13.9 Å². The van der Waals surface area contributed by atoms with Gasteiger partial charge >= 0.3 is 6.18 Å². The number of aliphatic hydroxyl groups excluding tert-OH is 1. The third-order valence-corrected chi connectivity index (χ3v) is 13.4. The van der Waals surface area contributed by atoms with E-state index < -0.39 is 37.7 Å². The molecule has 3 heterocycles. The van der Waals surface area contributed by atoms with Gasteiger partial charge in [-0.2, -0.15) is 13.2 Å². The molecule has 0 saturated carbocycles. The second-order valence-electron chi connectivity index (χ2n) is 14.3. The zero-order valence-corrected chi connectivity index (χ0v) is 27.2. The van der Waals surface area contributed by atoms with E-state index >= 15 is 4.39 Å². The number of hydrogen-bond acceptors (Lipinski definition) is 5. The molecule has 0 bridgehead atoms. The summed E-state index contributed by atoms with van der Waals surface area (Å²) in [5.41, 5.74) is 2.64. The molecule has 2 aromatic rings. The molecule has 2 atom stereocenters. The van der Waals surface area contributed by atoms with Crippen molar-refractivity contribution in [3.8, 4) is 0 Å². The summed E-state index contributed by atoms with van der Waals surface area (Å²) >= 11 is 0. The molecule has 232 valence electrons. The topological polar surface area (TPSA) is 64.5 Å². The SMILES string of the molecule is CC(C)c1nc2c(c(C3=CCOCC3)c1C(O)c1ncc(C(F)(F)F)cc1F)[C@@H](O[Si](C)(C)C(C)(C)C)CC(C)(C)C2. The molecule has 0 fully saturated rings. The number of hydrogen-bond donors (Lipinski definition) is 1. The number of alkyl halides is 3. The fourth-order valence-corrected chi connectivity index (χ4v) is 6.95. The van der Waals surface area contributed by atoms with Crippen LogP contribution in [0.15, 0.2) is 18.3 Å². The van der Waals surface area contributed by atoms with Gasteiger partial charge in [0.1, 0.15) is 17.6 Å². The van der Waals surface area contributed by atoms with Gasteiger partial charge in [0.05, 0.1) is 30.6 Å².